The minimum Gasteiger partial charge on any atom is -0.316 e. The van der Waals surface area contributed by atoms with E-state index in [0.717, 1.165) is 34.5 Å². The van der Waals surface area contributed by atoms with E-state index in [1.807, 2.05) is 53.4 Å². The van der Waals surface area contributed by atoms with Crippen molar-refractivity contribution in [1.82, 2.24) is 19.2 Å². The lowest BCUT2D eigenvalue weighted by Gasteiger charge is -2.22. The van der Waals surface area contributed by atoms with E-state index in [4.69, 9.17) is 0 Å². The van der Waals surface area contributed by atoms with Gasteiger partial charge in [-0.15, -0.1) is 0 Å². The van der Waals surface area contributed by atoms with E-state index in [1.165, 1.54) is 30.1 Å². The van der Waals surface area contributed by atoms with Crippen LogP contribution in [-0.4, -0.2) is 32.5 Å². The molecule has 2 aromatic heterocycles. The number of rotatable bonds is 12. The summed E-state index contributed by atoms with van der Waals surface area (Å²) in [6.07, 6.45) is 1.79. The molecule has 0 radical (unpaired) electrons. The predicted molar refractivity (Wildman–Crippen MR) is 158 cm³/mol. The zero-order chi connectivity index (χ0) is 29.5. The molecular formula is C31H28F3N5O2S. The molecule has 0 aliphatic heterocycles. The molecule has 0 aliphatic carbocycles. The summed E-state index contributed by atoms with van der Waals surface area (Å²) in [5.41, 5.74) is 2.68. The van der Waals surface area contributed by atoms with Crippen molar-refractivity contribution in [3.8, 4) is 5.69 Å². The van der Waals surface area contributed by atoms with E-state index in [9.17, 15) is 23.3 Å². The van der Waals surface area contributed by atoms with Gasteiger partial charge in [0.05, 0.1) is 16.0 Å². The molecule has 0 spiro atoms. The molecular weight excluding hydrogens is 563 g/mol. The summed E-state index contributed by atoms with van der Waals surface area (Å²) in [4.78, 5) is 18.0. The number of nitrogens with zero attached hydrogens (tertiary/aromatic N) is 4. The second-order valence-electron chi connectivity index (χ2n) is 9.74. The Labute approximate surface area is 245 Å². The Morgan fingerprint density at radius 2 is 1.79 bits per heavy atom. The Morgan fingerprint density at radius 3 is 2.57 bits per heavy atom. The van der Waals surface area contributed by atoms with E-state index >= 15 is 0 Å². The van der Waals surface area contributed by atoms with Crippen LogP contribution in [-0.2, 0) is 19.3 Å². The Bertz CT molecular complexity index is 1660. The molecule has 0 atom stereocenters. The Hall–Kier alpha value is -4.19. The van der Waals surface area contributed by atoms with Crippen LogP contribution in [0.5, 0.6) is 0 Å². The van der Waals surface area contributed by atoms with Gasteiger partial charge < -0.3 is 4.57 Å². The van der Waals surface area contributed by atoms with Crippen LogP contribution in [0.1, 0.15) is 23.1 Å². The topological polar surface area (TPSA) is 76.2 Å². The SMILES string of the molecule is O=[N+]([O-])c1ccccc1SNCCCN(Cc1cccnc1)Cc1cn(-c2cccc(C(F)(F)F)c2)c2ccccc12. The minimum absolute atomic E-state index is 0.0605. The van der Waals surface area contributed by atoms with Gasteiger partial charge in [-0.05, 0) is 65.9 Å². The van der Waals surface area contributed by atoms with Gasteiger partial charge in [0.15, 0.2) is 0 Å². The van der Waals surface area contributed by atoms with Gasteiger partial charge in [-0.3, -0.25) is 24.7 Å². The third kappa shape index (κ3) is 7.17. The first-order chi connectivity index (χ1) is 20.3. The van der Waals surface area contributed by atoms with Gasteiger partial charge >= 0.3 is 6.18 Å². The van der Waals surface area contributed by atoms with Crippen molar-refractivity contribution < 1.29 is 18.1 Å². The highest BCUT2D eigenvalue weighted by Gasteiger charge is 2.30. The normalized spacial score (nSPS) is 11.8. The van der Waals surface area contributed by atoms with E-state index in [2.05, 4.69) is 14.6 Å². The van der Waals surface area contributed by atoms with Crippen molar-refractivity contribution in [2.75, 3.05) is 13.1 Å². The molecule has 11 heteroatoms. The molecule has 0 saturated heterocycles. The van der Waals surface area contributed by atoms with Crippen molar-refractivity contribution in [1.29, 1.82) is 0 Å². The number of fused-ring (bicyclic) bond motifs is 1. The molecule has 0 bridgehead atoms. The molecule has 0 saturated carbocycles. The van der Waals surface area contributed by atoms with Crippen LogP contribution in [0.15, 0.2) is 108 Å². The molecule has 3 aromatic carbocycles. The number of aromatic nitrogens is 2. The first-order valence-electron chi connectivity index (χ1n) is 13.3. The summed E-state index contributed by atoms with van der Waals surface area (Å²) in [6, 6.07) is 23.6. The number of hydrogen-bond acceptors (Lipinski definition) is 6. The van der Waals surface area contributed by atoms with Gasteiger partial charge in [0.25, 0.3) is 5.69 Å². The van der Waals surface area contributed by atoms with E-state index in [-0.39, 0.29) is 5.69 Å². The highest BCUT2D eigenvalue weighted by molar-refractivity contribution is 7.97. The van der Waals surface area contributed by atoms with Gasteiger partial charge in [-0.1, -0.05) is 42.5 Å². The number of alkyl halides is 3. The van der Waals surface area contributed by atoms with Crippen LogP contribution < -0.4 is 4.72 Å². The maximum absolute atomic E-state index is 13.4. The maximum Gasteiger partial charge on any atom is 0.416 e. The Morgan fingerprint density at radius 1 is 0.976 bits per heavy atom. The second-order valence-corrected chi connectivity index (χ2v) is 10.7. The fraction of sp³-hybridized carbons (Fsp3) is 0.194. The fourth-order valence-electron chi connectivity index (χ4n) is 4.82. The summed E-state index contributed by atoms with van der Waals surface area (Å²) in [7, 11) is 0. The van der Waals surface area contributed by atoms with E-state index in [0.29, 0.717) is 36.8 Å². The number of para-hydroxylation sites is 2. The lowest BCUT2D eigenvalue weighted by atomic mass is 10.1. The fourth-order valence-corrected chi connectivity index (χ4v) is 5.62. The summed E-state index contributed by atoms with van der Waals surface area (Å²) in [6.45, 7) is 2.53. The van der Waals surface area contributed by atoms with Crippen molar-refractivity contribution in [3.63, 3.8) is 0 Å². The van der Waals surface area contributed by atoms with Crippen LogP contribution in [0.4, 0.5) is 18.9 Å². The standard InChI is InChI=1S/C31H28F3N5O2S/c32-31(33,34)25-9-5-10-26(18-25)38-22-24(27-11-1-2-12-28(27)38)21-37(20-23-8-6-15-35-19-23)17-7-16-36-42-30-14-4-3-13-29(30)39(40)41/h1-6,8-15,18-19,22,36H,7,16-17,20-21H2. The molecule has 0 amide bonds. The van der Waals surface area contributed by atoms with Crippen LogP contribution in [0, 0.1) is 10.1 Å². The van der Waals surface area contributed by atoms with Gasteiger partial charge in [0.1, 0.15) is 4.90 Å². The number of pyridine rings is 1. The molecule has 42 heavy (non-hydrogen) atoms. The minimum atomic E-state index is -4.43. The summed E-state index contributed by atoms with van der Waals surface area (Å²) >= 11 is 1.24. The molecule has 5 rings (SSSR count). The first kappa shape index (κ1) is 29.3. The van der Waals surface area contributed by atoms with Crippen molar-refractivity contribution in [2.24, 2.45) is 0 Å². The van der Waals surface area contributed by atoms with E-state index in [1.54, 1.807) is 30.5 Å². The molecule has 7 nitrogen and oxygen atoms in total. The zero-order valence-electron chi connectivity index (χ0n) is 22.5. The van der Waals surface area contributed by atoms with Crippen LogP contribution >= 0.6 is 11.9 Å². The van der Waals surface area contributed by atoms with Gasteiger partial charge in [0, 0.05) is 61.9 Å². The lowest BCUT2D eigenvalue weighted by Crippen LogP contribution is -2.26. The van der Waals surface area contributed by atoms with Gasteiger partial charge in [0.2, 0.25) is 0 Å². The highest BCUT2D eigenvalue weighted by atomic mass is 32.2. The molecule has 2 heterocycles. The predicted octanol–water partition coefficient (Wildman–Crippen LogP) is 7.64. The number of benzene rings is 3. The number of nitrogens with one attached hydrogen (secondary N) is 1. The third-order valence-electron chi connectivity index (χ3n) is 6.77. The smallest absolute Gasteiger partial charge is 0.316 e. The van der Waals surface area contributed by atoms with Crippen LogP contribution in [0.3, 0.4) is 0 Å². The first-order valence-corrected chi connectivity index (χ1v) is 14.1. The van der Waals surface area contributed by atoms with E-state index < -0.39 is 16.7 Å². The monoisotopic (exact) mass is 591 g/mol. The number of nitro benzene ring substituents is 1. The van der Waals surface area contributed by atoms with Crippen LogP contribution in [0.2, 0.25) is 0 Å². The quantitative estimate of drug-likeness (QED) is 0.0696. The van der Waals surface area contributed by atoms with Gasteiger partial charge in [-0.25, -0.2) is 0 Å². The third-order valence-corrected chi connectivity index (χ3v) is 7.68. The summed E-state index contributed by atoms with van der Waals surface area (Å²) < 4.78 is 45.4. The molecule has 0 fully saturated rings. The van der Waals surface area contributed by atoms with Crippen molar-refractivity contribution in [2.45, 2.75) is 30.6 Å². The zero-order valence-corrected chi connectivity index (χ0v) is 23.3. The lowest BCUT2D eigenvalue weighted by molar-refractivity contribution is -0.387. The van der Waals surface area contributed by atoms with Crippen molar-refractivity contribution >= 4 is 28.5 Å². The molecule has 1 N–H and O–H groups in total. The van der Waals surface area contributed by atoms with Crippen LogP contribution in [0.25, 0.3) is 16.6 Å². The number of hydrogen-bond donors (Lipinski definition) is 1. The maximum atomic E-state index is 13.4. The number of halogens is 3. The van der Waals surface area contributed by atoms with Gasteiger partial charge in [-0.2, -0.15) is 13.2 Å². The highest BCUT2D eigenvalue weighted by Crippen LogP contribution is 2.32. The van der Waals surface area contributed by atoms with Crippen molar-refractivity contribution in [3.05, 3.63) is 130 Å². The average molecular weight is 592 g/mol. The molecule has 216 valence electrons. The summed E-state index contributed by atoms with van der Waals surface area (Å²) in [5, 5.41) is 12.3. The largest absolute Gasteiger partial charge is 0.416 e. The summed E-state index contributed by atoms with van der Waals surface area (Å²) in [5.74, 6) is 0. The average Bonchev–Trinajstić information content (AvgIpc) is 3.35. The second kappa shape index (κ2) is 13.2. The molecule has 0 unspecified atom stereocenters. The molecule has 0 aliphatic rings. The Kier molecular flexibility index (Phi) is 9.21. The molecule has 5 aromatic rings. The number of nitro groups is 1. The Balaban J connectivity index is 1.34.